The number of rotatable bonds is 22. The van der Waals surface area contributed by atoms with E-state index >= 15 is 0 Å². The molecule has 2 atom stereocenters. The van der Waals surface area contributed by atoms with Gasteiger partial charge in [0.15, 0.2) is 11.6 Å². The largest absolute Gasteiger partial charge is 0.488 e. The number of nitrogens with zero attached hydrogens (tertiary/aromatic N) is 6. The molecule has 448 valence electrons. The summed E-state index contributed by atoms with van der Waals surface area (Å²) in [6.07, 6.45) is 3.94. The lowest BCUT2D eigenvalue weighted by Crippen LogP contribution is -2.28. The molecule has 0 saturated carbocycles. The lowest BCUT2D eigenvalue weighted by atomic mass is 9.96. The third-order valence-corrected chi connectivity index (χ3v) is 14.0. The monoisotopic (exact) mass is 1250 g/mol. The predicted molar refractivity (Wildman–Crippen MR) is 340 cm³/mol. The number of benzene rings is 6. The van der Waals surface area contributed by atoms with Gasteiger partial charge in [0, 0.05) is 49.3 Å². The Hall–Kier alpha value is -8.75. The van der Waals surface area contributed by atoms with Crippen molar-refractivity contribution in [1.82, 2.24) is 39.4 Å². The minimum atomic E-state index is -0.601. The Bertz CT molecular complexity index is 3820. The van der Waals surface area contributed by atoms with Gasteiger partial charge in [-0.25, -0.2) is 19.6 Å². The first kappa shape index (κ1) is 64.8. The Morgan fingerprint density at radius 3 is 1.16 bits per heavy atom. The summed E-state index contributed by atoms with van der Waals surface area (Å²) in [6.45, 7) is 12.8. The molecule has 0 amide bonds. The van der Waals surface area contributed by atoms with Crippen LogP contribution in [-0.2, 0) is 35.2 Å². The molecule has 0 radical (unpaired) electrons. The molecule has 0 spiro atoms. The number of hydrogen-bond donors (Lipinski definition) is 2. The molecule has 0 bridgehead atoms. The Morgan fingerprint density at radius 2 is 0.849 bits per heavy atom. The average molecular weight is 1250 g/mol. The highest BCUT2D eigenvalue weighted by atomic mass is 79.9. The van der Waals surface area contributed by atoms with Crippen LogP contribution < -0.4 is 32.1 Å². The summed E-state index contributed by atoms with van der Waals surface area (Å²) in [5.41, 5.74) is 11.6. The topological polar surface area (TPSA) is 224 Å². The Balaban J connectivity index is 0.000000240. The SMILES string of the molecule is Br.CCCc1nc(C)n(-c2ccc(OC(C)COC)cc2)c(=O)c1Cc1ccc(-c2ccccc2-c2noc(=O)[nH]2)cc1.CCCc1nc(C)n(-c2ccc(OC(C)COC)cc2)c(=O)c1Cc1ccc(-c2ccccc2-c2noc(=O)[nH]2)cc1.Cl. The van der Waals surface area contributed by atoms with Gasteiger partial charge in [0.2, 0.25) is 0 Å². The first-order chi connectivity index (χ1) is 40.7. The van der Waals surface area contributed by atoms with Crippen molar-refractivity contribution in [2.75, 3.05) is 27.4 Å². The first-order valence-corrected chi connectivity index (χ1v) is 28.0. The second-order valence-corrected chi connectivity index (χ2v) is 20.4. The Morgan fingerprint density at radius 1 is 0.500 bits per heavy atom. The molecule has 10 aromatic rings. The molecule has 0 aliphatic heterocycles. The van der Waals surface area contributed by atoms with Crippen LogP contribution >= 0.6 is 29.4 Å². The number of ether oxygens (including phenoxy) is 4. The minimum absolute atomic E-state index is 0. The van der Waals surface area contributed by atoms with Gasteiger partial charge >= 0.3 is 11.5 Å². The normalized spacial score (nSPS) is 11.6. The summed E-state index contributed by atoms with van der Waals surface area (Å²) in [4.78, 5) is 65.9. The maximum Gasteiger partial charge on any atom is 0.439 e. The van der Waals surface area contributed by atoms with Crippen LogP contribution in [0, 0.1) is 13.8 Å². The number of halogens is 2. The van der Waals surface area contributed by atoms with Gasteiger partial charge < -0.3 is 18.9 Å². The number of nitrogens with one attached hydrogen (secondary N) is 2. The third-order valence-electron chi connectivity index (χ3n) is 14.0. The second-order valence-electron chi connectivity index (χ2n) is 20.4. The highest BCUT2D eigenvalue weighted by Crippen LogP contribution is 2.32. The van der Waals surface area contributed by atoms with Crippen LogP contribution in [0.1, 0.15) is 85.8 Å². The highest BCUT2D eigenvalue weighted by molar-refractivity contribution is 8.93. The molecular formula is C66H70BrClN8O10. The molecule has 2 unspecified atom stereocenters. The van der Waals surface area contributed by atoms with Crippen molar-refractivity contribution in [3.63, 3.8) is 0 Å². The lowest BCUT2D eigenvalue weighted by Gasteiger charge is -2.17. The molecule has 86 heavy (non-hydrogen) atoms. The molecule has 0 aliphatic rings. The van der Waals surface area contributed by atoms with Crippen LogP contribution in [0.15, 0.2) is 174 Å². The van der Waals surface area contributed by atoms with Crippen molar-refractivity contribution < 1.29 is 28.0 Å². The molecule has 2 N–H and O–H groups in total. The molecular weight excluding hydrogens is 1180 g/mol. The third kappa shape index (κ3) is 15.6. The van der Waals surface area contributed by atoms with Crippen LogP contribution in [0.25, 0.3) is 56.4 Å². The van der Waals surface area contributed by atoms with E-state index in [9.17, 15) is 19.2 Å². The predicted octanol–water partition coefficient (Wildman–Crippen LogP) is 12.0. The molecule has 0 aliphatic carbocycles. The summed E-state index contributed by atoms with van der Waals surface area (Å²) >= 11 is 0. The lowest BCUT2D eigenvalue weighted by molar-refractivity contribution is 0.0920. The number of aromatic amines is 2. The fourth-order valence-corrected chi connectivity index (χ4v) is 10.2. The fourth-order valence-electron chi connectivity index (χ4n) is 10.2. The molecule has 4 aromatic heterocycles. The zero-order chi connectivity index (χ0) is 59.3. The zero-order valence-corrected chi connectivity index (χ0v) is 51.8. The van der Waals surface area contributed by atoms with Crippen LogP contribution in [-0.4, -0.2) is 79.0 Å². The maximum absolute atomic E-state index is 14.0. The quantitative estimate of drug-likeness (QED) is 0.0644. The molecule has 18 nitrogen and oxygen atoms in total. The first-order valence-electron chi connectivity index (χ1n) is 28.0. The number of H-pyrrole nitrogens is 2. The van der Waals surface area contributed by atoms with Crippen LogP contribution in [0.4, 0.5) is 0 Å². The van der Waals surface area contributed by atoms with E-state index in [1.165, 1.54) is 0 Å². The van der Waals surface area contributed by atoms with Gasteiger partial charge in [-0.3, -0.25) is 37.7 Å². The number of aryl methyl sites for hydroxylation is 4. The summed E-state index contributed by atoms with van der Waals surface area (Å²) in [6, 6.07) is 46.4. The van der Waals surface area contributed by atoms with Gasteiger partial charge in [-0.15, -0.1) is 29.4 Å². The van der Waals surface area contributed by atoms with Crippen LogP contribution in [0.2, 0.25) is 0 Å². The van der Waals surface area contributed by atoms with Crippen LogP contribution in [0.5, 0.6) is 11.5 Å². The number of methoxy groups -OCH3 is 2. The highest BCUT2D eigenvalue weighted by Gasteiger charge is 2.20. The van der Waals surface area contributed by atoms with Gasteiger partial charge in [0.25, 0.3) is 11.1 Å². The van der Waals surface area contributed by atoms with E-state index in [1.54, 1.807) is 23.4 Å². The van der Waals surface area contributed by atoms with Crippen molar-refractivity contribution in [2.45, 2.75) is 92.3 Å². The van der Waals surface area contributed by atoms with E-state index in [1.807, 2.05) is 173 Å². The van der Waals surface area contributed by atoms with Gasteiger partial charge in [-0.2, -0.15) is 0 Å². The summed E-state index contributed by atoms with van der Waals surface area (Å²) in [5.74, 6) is 2.26. The minimum Gasteiger partial charge on any atom is -0.488 e. The van der Waals surface area contributed by atoms with Gasteiger partial charge in [0.1, 0.15) is 35.4 Å². The second kappa shape index (κ2) is 30.4. The number of aromatic nitrogens is 8. The Labute approximate surface area is 514 Å². The summed E-state index contributed by atoms with van der Waals surface area (Å²) in [7, 11) is 3.28. The van der Waals surface area contributed by atoms with Gasteiger partial charge in [-0.1, -0.05) is 134 Å². The smallest absolute Gasteiger partial charge is 0.439 e. The molecule has 20 heteroatoms. The molecule has 10 rings (SSSR count). The molecule has 4 heterocycles. The summed E-state index contributed by atoms with van der Waals surface area (Å²) < 4.78 is 34.8. The summed E-state index contributed by atoms with van der Waals surface area (Å²) in [5, 5.41) is 7.70. The van der Waals surface area contributed by atoms with Gasteiger partial charge in [-0.05, 0) is 122 Å². The zero-order valence-electron chi connectivity index (χ0n) is 49.3. The van der Waals surface area contributed by atoms with Crippen molar-refractivity contribution in [2.24, 2.45) is 0 Å². The van der Waals surface area contributed by atoms with E-state index in [-0.39, 0.29) is 52.7 Å². The van der Waals surface area contributed by atoms with Crippen molar-refractivity contribution >= 4 is 29.4 Å². The molecule has 6 aromatic carbocycles. The molecule has 0 saturated heterocycles. The van der Waals surface area contributed by atoms with Crippen molar-refractivity contribution in [3.05, 3.63) is 233 Å². The van der Waals surface area contributed by atoms with E-state index < -0.39 is 11.5 Å². The van der Waals surface area contributed by atoms with E-state index in [4.69, 9.17) is 38.0 Å². The van der Waals surface area contributed by atoms with Gasteiger partial charge in [0.05, 0.1) is 36.0 Å². The van der Waals surface area contributed by atoms with E-state index in [0.29, 0.717) is 72.0 Å². The van der Waals surface area contributed by atoms with E-state index in [2.05, 4.69) is 34.1 Å². The van der Waals surface area contributed by atoms with Crippen molar-refractivity contribution in [1.29, 1.82) is 0 Å². The van der Waals surface area contributed by atoms with E-state index in [0.717, 1.165) is 93.0 Å². The van der Waals surface area contributed by atoms with Crippen LogP contribution in [0.3, 0.4) is 0 Å². The molecule has 0 fully saturated rings. The maximum atomic E-state index is 14.0. The van der Waals surface area contributed by atoms with Crippen molar-refractivity contribution in [3.8, 4) is 67.9 Å². The number of hydrogen-bond acceptors (Lipinski definition) is 14. The fraction of sp³-hybridized carbons (Fsp3) is 0.273. The Kier molecular flexibility index (Phi) is 22.9. The average Bonchev–Trinajstić information content (AvgIpc) is 1.30. The standard InChI is InChI=1S/2C33H34N4O5.BrH.ClH/c2*1-5-8-30-29(32(38)37(22(3)34-30)25-15-17-26(18-16-25)41-21(2)20-40-4)19-23-11-13-24(14-12-23)27-9-6-7-10-28(27)31-35-33(39)42-36-31;;/h2*6-7,9-18,21H,5,8,19-20H2,1-4H3,(H,35,36,39);2*1H.